The first kappa shape index (κ1) is 20.0. The number of hydroxylamine groups is 2. The van der Waals surface area contributed by atoms with E-state index in [1.54, 1.807) is 0 Å². The molecule has 1 heterocycles. The molecule has 2 aromatic rings. The van der Waals surface area contributed by atoms with Gasteiger partial charge in [-0.1, -0.05) is 53.0 Å². The zero-order chi connectivity index (χ0) is 20.1. The van der Waals surface area contributed by atoms with Crippen molar-refractivity contribution >= 4 is 23.2 Å². The zero-order valence-electron chi connectivity index (χ0n) is 15.3. The molecule has 2 unspecified atom stereocenters. The van der Waals surface area contributed by atoms with Crippen LogP contribution in [0.4, 0.5) is 13.2 Å². The van der Waals surface area contributed by atoms with Crippen molar-refractivity contribution in [3.8, 4) is 0 Å². The number of hydrogen-bond donors (Lipinski definition) is 0. The van der Waals surface area contributed by atoms with Crippen LogP contribution >= 0.6 is 23.2 Å². The first-order chi connectivity index (χ1) is 13.2. The SMILES string of the molecule is Cc1cccc(C2CC(c3cc(Cl)cc(Cl)c3)(C(F)(F)F)ON2CC2CC2)c1. The topological polar surface area (TPSA) is 12.5 Å². The van der Waals surface area contributed by atoms with Crippen LogP contribution in [0.25, 0.3) is 0 Å². The molecular weight excluding hydrogens is 410 g/mol. The Bertz CT molecular complexity index is 864. The Labute approximate surface area is 172 Å². The minimum absolute atomic E-state index is 0.0616. The largest absolute Gasteiger partial charge is 0.423 e. The van der Waals surface area contributed by atoms with Crippen molar-refractivity contribution in [3.63, 3.8) is 0 Å². The highest BCUT2D eigenvalue weighted by Gasteiger charge is 2.64. The number of alkyl halides is 3. The third kappa shape index (κ3) is 3.78. The molecular formula is C21H20Cl2F3NO. The molecule has 0 N–H and O–H groups in total. The summed E-state index contributed by atoms with van der Waals surface area (Å²) in [6, 6.07) is 11.1. The van der Waals surface area contributed by atoms with E-state index in [-0.39, 0.29) is 22.0 Å². The number of nitrogens with zero attached hydrogens (tertiary/aromatic N) is 1. The number of aryl methyl sites for hydroxylation is 1. The van der Waals surface area contributed by atoms with Gasteiger partial charge in [-0.15, -0.1) is 0 Å². The van der Waals surface area contributed by atoms with Gasteiger partial charge in [-0.25, -0.2) is 0 Å². The summed E-state index contributed by atoms with van der Waals surface area (Å²) in [7, 11) is 0. The van der Waals surface area contributed by atoms with Crippen LogP contribution in [0.3, 0.4) is 0 Å². The fourth-order valence-electron chi connectivity index (χ4n) is 3.84. The second-order valence-electron chi connectivity index (χ2n) is 7.75. The third-order valence-corrected chi connectivity index (χ3v) is 5.89. The van der Waals surface area contributed by atoms with Gasteiger partial charge in [0.25, 0.3) is 0 Å². The number of halogens is 5. The van der Waals surface area contributed by atoms with Crippen molar-refractivity contribution in [1.29, 1.82) is 0 Å². The molecule has 0 aromatic heterocycles. The molecule has 0 spiro atoms. The van der Waals surface area contributed by atoms with Crippen molar-refractivity contribution < 1.29 is 18.0 Å². The van der Waals surface area contributed by atoms with Crippen molar-refractivity contribution in [3.05, 3.63) is 69.2 Å². The minimum atomic E-state index is -4.62. The smallest absolute Gasteiger partial charge is 0.277 e. The Morgan fingerprint density at radius 2 is 1.79 bits per heavy atom. The molecule has 0 amide bonds. The minimum Gasteiger partial charge on any atom is -0.277 e. The van der Waals surface area contributed by atoms with Gasteiger partial charge in [0.05, 0.1) is 6.04 Å². The lowest BCUT2D eigenvalue weighted by Gasteiger charge is -2.32. The molecule has 1 aliphatic heterocycles. The second-order valence-corrected chi connectivity index (χ2v) is 8.62. The monoisotopic (exact) mass is 429 g/mol. The van der Waals surface area contributed by atoms with Gasteiger partial charge in [-0.2, -0.15) is 18.2 Å². The molecule has 2 fully saturated rings. The highest BCUT2D eigenvalue weighted by molar-refractivity contribution is 6.34. The van der Waals surface area contributed by atoms with Gasteiger partial charge in [0.2, 0.25) is 5.60 Å². The van der Waals surface area contributed by atoms with Gasteiger partial charge in [0, 0.05) is 23.0 Å². The molecule has 1 saturated carbocycles. The van der Waals surface area contributed by atoms with Crippen LogP contribution in [-0.2, 0) is 10.4 Å². The zero-order valence-corrected chi connectivity index (χ0v) is 16.8. The van der Waals surface area contributed by atoms with E-state index in [9.17, 15) is 13.2 Å². The summed E-state index contributed by atoms with van der Waals surface area (Å²) >= 11 is 12.0. The van der Waals surface area contributed by atoms with Crippen LogP contribution in [0, 0.1) is 12.8 Å². The molecule has 2 atom stereocenters. The molecule has 2 aliphatic rings. The molecule has 2 aromatic carbocycles. The molecule has 4 rings (SSSR count). The Hall–Kier alpha value is -1.27. The molecule has 2 nitrogen and oxygen atoms in total. The van der Waals surface area contributed by atoms with Gasteiger partial charge < -0.3 is 0 Å². The van der Waals surface area contributed by atoms with E-state index in [1.165, 1.54) is 23.3 Å². The maximum atomic E-state index is 14.4. The molecule has 0 radical (unpaired) electrons. The van der Waals surface area contributed by atoms with Crippen LogP contribution < -0.4 is 0 Å². The molecule has 7 heteroatoms. The van der Waals surface area contributed by atoms with Crippen LogP contribution in [-0.4, -0.2) is 17.8 Å². The quantitative estimate of drug-likeness (QED) is 0.526. The molecule has 150 valence electrons. The maximum Gasteiger partial charge on any atom is 0.423 e. The predicted octanol–water partition coefficient (Wildman–Crippen LogP) is 6.85. The van der Waals surface area contributed by atoms with E-state index in [4.69, 9.17) is 28.0 Å². The molecule has 28 heavy (non-hydrogen) atoms. The summed E-state index contributed by atoms with van der Waals surface area (Å²) in [5.74, 6) is 0.374. The highest BCUT2D eigenvalue weighted by atomic mass is 35.5. The maximum absolute atomic E-state index is 14.4. The average Bonchev–Trinajstić information content (AvgIpc) is 3.30. The predicted molar refractivity (Wildman–Crippen MR) is 103 cm³/mol. The second kappa shape index (κ2) is 7.21. The Morgan fingerprint density at radius 3 is 2.36 bits per heavy atom. The van der Waals surface area contributed by atoms with E-state index < -0.39 is 17.8 Å². The summed E-state index contributed by atoms with van der Waals surface area (Å²) in [6.45, 7) is 2.41. The van der Waals surface area contributed by atoms with Gasteiger partial charge in [0.1, 0.15) is 0 Å². The van der Waals surface area contributed by atoms with Crippen LogP contribution in [0.15, 0.2) is 42.5 Å². The van der Waals surface area contributed by atoms with Gasteiger partial charge >= 0.3 is 6.18 Å². The van der Waals surface area contributed by atoms with E-state index in [2.05, 4.69) is 0 Å². The summed E-state index contributed by atoms with van der Waals surface area (Å²) < 4.78 is 43.3. The summed E-state index contributed by atoms with van der Waals surface area (Å²) in [6.07, 6.45) is -2.84. The van der Waals surface area contributed by atoms with Crippen molar-refractivity contribution in [1.82, 2.24) is 5.06 Å². The number of hydrogen-bond acceptors (Lipinski definition) is 2. The molecule has 1 aliphatic carbocycles. The Balaban J connectivity index is 1.80. The van der Waals surface area contributed by atoms with E-state index >= 15 is 0 Å². The standard InChI is InChI=1S/C21H20Cl2F3NO/c1-13-3-2-4-15(7-13)19-11-20(21(24,25)26,28-27(19)12-14-5-6-14)16-8-17(22)10-18(23)9-16/h2-4,7-10,14,19H,5-6,11-12H2,1H3. The van der Waals surface area contributed by atoms with E-state index in [0.29, 0.717) is 12.5 Å². The van der Waals surface area contributed by atoms with E-state index in [1.807, 2.05) is 31.2 Å². The van der Waals surface area contributed by atoms with Crippen molar-refractivity contribution in [2.75, 3.05) is 6.54 Å². The van der Waals surface area contributed by atoms with Gasteiger partial charge in [-0.05, 0) is 55.0 Å². The van der Waals surface area contributed by atoms with Crippen LogP contribution in [0.2, 0.25) is 10.0 Å². The number of rotatable bonds is 4. The highest BCUT2D eigenvalue weighted by Crippen LogP contribution is 2.56. The lowest BCUT2D eigenvalue weighted by atomic mass is 9.85. The first-order valence-electron chi connectivity index (χ1n) is 9.23. The van der Waals surface area contributed by atoms with Crippen molar-refractivity contribution in [2.24, 2.45) is 5.92 Å². The third-order valence-electron chi connectivity index (χ3n) is 5.45. The normalized spacial score (nSPS) is 26.0. The lowest BCUT2D eigenvalue weighted by molar-refractivity contribution is -0.328. The van der Waals surface area contributed by atoms with Crippen molar-refractivity contribution in [2.45, 2.75) is 44.0 Å². The summed E-state index contributed by atoms with van der Waals surface area (Å²) in [4.78, 5) is 5.76. The van der Waals surface area contributed by atoms with Crippen LogP contribution in [0.1, 0.15) is 42.0 Å². The number of benzene rings is 2. The molecule has 1 saturated heterocycles. The summed E-state index contributed by atoms with van der Waals surface area (Å²) in [5.41, 5.74) is -0.724. The summed E-state index contributed by atoms with van der Waals surface area (Å²) in [5, 5.41) is 1.83. The fraction of sp³-hybridized carbons (Fsp3) is 0.429. The lowest BCUT2D eigenvalue weighted by Crippen LogP contribution is -2.43. The molecule has 0 bridgehead atoms. The van der Waals surface area contributed by atoms with Gasteiger partial charge in [0.15, 0.2) is 0 Å². The Morgan fingerprint density at radius 1 is 1.11 bits per heavy atom. The first-order valence-corrected chi connectivity index (χ1v) is 9.99. The van der Waals surface area contributed by atoms with Crippen LogP contribution in [0.5, 0.6) is 0 Å². The fourth-order valence-corrected chi connectivity index (χ4v) is 4.37. The Kier molecular flexibility index (Phi) is 5.15. The average molecular weight is 430 g/mol. The van der Waals surface area contributed by atoms with Gasteiger partial charge in [-0.3, -0.25) is 4.84 Å². The van der Waals surface area contributed by atoms with E-state index in [0.717, 1.165) is 24.0 Å².